The van der Waals surface area contributed by atoms with Crippen molar-refractivity contribution in [2.45, 2.75) is 31.7 Å². The van der Waals surface area contributed by atoms with Gasteiger partial charge in [-0.05, 0) is 49.6 Å². The Labute approximate surface area is 148 Å². The molecule has 0 aliphatic heterocycles. The van der Waals surface area contributed by atoms with Crippen molar-refractivity contribution in [1.29, 1.82) is 0 Å². The number of hydrogen-bond donors (Lipinski definition) is 1. The minimum absolute atomic E-state index is 0.120. The minimum atomic E-state index is -0.120. The third-order valence-electron chi connectivity index (χ3n) is 4.81. The molecule has 0 radical (unpaired) electrons. The van der Waals surface area contributed by atoms with E-state index in [1.807, 2.05) is 28.8 Å². The highest BCUT2D eigenvalue weighted by atomic mass is 35.5. The van der Waals surface area contributed by atoms with Gasteiger partial charge in [0.25, 0.3) is 0 Å². The van der Waals surface area contributed by atoms with Crippen LogP contribution in [0.2, 0.25) is 5.15 Å². The minimum Gasteiger partial charge on any atom is -0.457 e. The molecule has 0 spiro atoms. The van der Waals surface area contributed by atoms with Crippen LogP contribution < -0.4 is 5.32 Å². The fourth-order valence-corrected chi connectivity index (χ4v) is 3.50. The van der Waals surface area contributed by atoms with Crippen molar-refractivity contribution >= 4 is 45.8 Å². The van der Waals surface area contributed by atoms with Gasteiger partial charge in [0.2, 0.25) is 11.9 Å². The first-order valence-corrected chi connectivity index (χ1v) is 8.70. The number of anilines is 1. The van der Waals surface area contributed by atoms with Crippen LogP contribution in [0.4, 0.5) is 5.95 Å². The highest BCUT2D eigenvalue weighted by Gasteiger charge is 2.26. The molecule has 0 saturated heterocycles. The van der Waals surface area contributed by atoms with Crippen LogP contribution in [0.1, 0.15) is 30.9 Å². The largest absolute Gasteiger partial charge is 0.457 e. The van der Waals surface area contributed by atoms with Gasteiger partial charge in [0.15, 0.2) is 5.65 Å². The van der Waals surface area contributed by atoms with Crippen molar-refractivity contribution in [2.24, 2.45) is 0 Å². The molecule has 1 aliphatic carbocycles. The molecule has 4 aromatic rings. The van der Waals surface area contributed by atoms with Crippen LogP contribution in [0.15, 0.2) is 34.7 Å². The molecule has 25 heavy (non-hydrogen) atoms. The quantitative estimate of drug-likeness (QED) is 0.558. The monoisotopic (exact) mass is 354 g/mol. The van der Waals surface area contributed by atoms with E-state index in [0.29, 0.717) is 17.1 Å². The number of nitrogens with zero attached hydrogens (tertiary/aromatic N) is 3. The molecular weight excluding hydrogens is 340 g/mol. The van der Waals surface area contributed by atoms with E-state index in [2.05, 4.69) is 15.3 Å². The average molecular weight is 355 g/mol. The Morgan fingerprint density at radius 1 is 1.28 bits per heavy atom. The molecular formula is C18H15ClN4O2. The summed E-state index contributed by atoms with van der Waals surface area (Å²) < 4.78 is 7.50. The van der Waals surface area contributed by atoms with E-state index in [9.17, 15) is 4.79 Å². The molecule has 0 unspecified atom stereocenters. The third-order valence-corrected chi connectivity index (χ3v) is 5.02. The topological polar surface area (TPSA) is 73.0 Å². The molecule has 1 N–H and O–H groups in total. The number of aromatic nitrogens is 3. The first-order chi connectivity index (χ1) is 12.2. The van der Waals surface area contributed by atoms with E-state index in [1.165, 1.54) is 6.42 Å². The normalized spacial score (nSPS) is 15.1. The van der Waals surface area contributed by atoms with Gasteiger partial charge in [0, 0.05) is 11.6 Å². The molecule has 1 aliphatic rings. The molecule has 126 valence electrons. The Morgan fingerprint density at radius 2 is 2.16 bits per heavy atom. The lowest BCUT2D eigenvalue weighted by molar-refractivity contribution is -0.115. The second kappa shape index (κ2) is 5.46. The van der Waals surface area contributed by atoms with Crippen LogP contribution in [0.5, 0.6) is 0 Å². The predicted molar refractivity (Wildman–Crippen MR) is 95.2 cm³/mol. The first kappa shape index (κ1) is 14.7. The fourth-order valence-electron chi connectivity index (χ4n) is 3.36. The van der Waals surface area contributed by atoms with E-state index < -0.39 is 0 Å². The number of pyridine rings is 1. The van der Waals surface area contributed by atoms with Crippen LogP contribution in [0, 0.1) is 0 Å². The molecule has 1 amide bonds. The second-order valence-corrected chi connectivity index (χ2v) is 6.85. The summed E-state index contributed by atoms with van der Waals surface area (Å²) >= 11 is 6.05. The number of rotatable bonds is 4. The third kappa shape index (κ3) is 2.44. The van der Waals surface area contributed by atoms with E-state index in [4.69, 9.17) is 16.0 Å². The lowest BCUT2D eigenvalue weighted by Gasteiger charge is -2.28. The maximum atomic E-state index is 12.5. The van der Waals surface area contributed by atoms with Crippen molar-refractivity contribution in [3.8, 4) is 0 Å². The lowest BCUT2D eigenvalue weighted by Crippen LogP contribution is -2.23. The average Bonchev–Trinajstić information content (AvgIpc) is 3.21. The van der Waals surface area contributed by atoms with Gasteiger partial charge in [0.05, 0.1) is 6.42 Å². The van der Waals surface area contributed by atoms with Gasteiger partial charge >= 0.3 is 0 Å². The molecule has 4 heterocycles. The van der Waals surface area contributed by atoms with Gasteiger partial charge in [-0.15, -0.1) is 0 Å². The number of fused-ring (bicyclic) bond motifs is 3. The molecule has 1 saturated carbocycles. The smallest absolute Gasteiger partial charge is 0.231 e. The van der Waals surface area contributed by atoms with Crippen LogP contribution in [-0.4, -0.2) is 20.4 Å². The number of halogens is 1. The van der Waals surface area contributed by atoms with Crippen LogP contribution in [-0.2, 0) is 11.2 Å². The zero-order chi connectivity index (χ0) is 17.0. The summed E-state index contributed by atoms with van der Waals surface area (Å²) in [6.07, 6.45) is 3.54. The van der Waals surface area contributed by atoms with Gasteiger partial charge in [-0.3, -0.25) is 14.7 Å². The Hall–Kier alpha value is -2.60. The van der Waals surface area contributed by atoms with Gasteiger partial charge in [-0.25, -0.2) is 9.97 Å². The Kier molecular flexibility index (Phi) is 3.21. The number of furan rings is 2. The van der Waals surface area contributed by atoms with Crippen molar-refractivity contribution in [2.75, 3.05) is 5.32 Å². The van der Waals surface area contributed by atoms with Crippen molar-refractivity contribution < 1.29 is 9.21 Å². The van der Waals surface area contributed by atoms with Crippen LogP contribution in [0.3, 0.4) is 0 Å². The number of nitrogens with one attached hydrogen (secondary N) is 1. The van der Waals surface area contributed by atoms with Gasteiger partial charge < -0.3 is 4.42 Å². The predicted octanol–water partition coefficient (Wildman–Crippen LogP) is 4.17. The Morgan fingerprint density at radius 3 is 2.84 bits per heavy atom. The molecule has 0 aromatic carbocycles. The first-order valence-electron chi connectivity index (χ1n) is 8.32. The zero-order valence-corrected chi connectivity index (χ0v) is 14.1. The molecule has 7 heteroatoms. The Balaban J connectivity index is 1.46. The Bertz CT molecular complexity index is 1080. The maximum absolute atomic E-state index is 12.5. The molecule has 1 fully saturated rings. The van der Waals surface area contributed by atoms with Gasteiger partial charge in [-0.2, -0.15) is 0 Å². The summed E-state index contributed by atoms with van der Waals surface area (Å²) in [6.45, 7) is 0. The molecule has 0 atom stereocenters. The summed E-state index contributed by atoms with van der Waals surface area (Å²) in [4.78, 5) is 21.5. The van der Waals surface area contributed by atoms with Crippen LogP contribution in [0.25, 0.3) is 22.3 Å². The number of carbonyl (C=O) groups is 1. The van der Waals surface area contributed by atoms with Crippen molar-refractivity contribution in [3.05, 3.63) is 41.0 Å². The second-order valence-electron chi connectivity index (χ2n) is 6.46. The standard InChI is InChI=1S/C18H15ClN4O2/c19-15-7-5-13-17(21-15)23(11-2-1-3-11)18(20-13)22-16(24)9-10-8-12-4-6-14(10)25-12/h4-8,11H,1-3,9H2,(H,20,22,24). The van der Waals surface area contributed by atoms with E-state index in [0.717, 1.165) is 40.7 Å². The maximum Gasteiger partial charge on any atom is 0.231 e. The molecule has 6 nitrogen and oxygen atoms in total. The number of hydrogen-bond acceptors (Lipinski definition) is 4. The summed E-state index contributed by atoms with van der Waals surface area (Å²) in [7, 11) is 0. The molecule has 4 aromatic heterocycles. The summed E-state index contributed by atoms with van der Waals surface area (Å²) in [5, 5.41) is 3.37. The highest BCUT2D eigenvalue weighted by Crippen LogP contribution is 2.37. The number of benzene rings is 1. The summed E-state index contributed by atoms with van der Waals surface area (Å²) in [6, 6.07) is 9.52. The number of carbonyl (C=O) groups excluding carboxylic acids is 1. The SMILES string of the molecule is O=C(Cc1cc2ccc1o2)Nc1nc2ccc(Cl)nc2n1C1CCC1. The van der Waals surface area contributed by atoms with Gasteiger partial charge in [0.1, 0.15) is 21.8 Å². The van der Waals surface area contributed by atoms with Crippen molar-refractivity contribution in [3.63, 3.8) is 0 Å². The molecule has 5 rings (SSSR count). The van der Waals surface area contributed by atoms with Gasteiger partial charge in [-0.1, -0.05) is 11.6 Å². The van der Waals surface area contributed by atoms with E-state index in [1.54, 1.807) is 6.07 Å². The number of imidazole rings is 1. The number of amides is 1. The van der Waals surface area contributed by atoms with E-state index >= 15 is 0 Å². The molecule has 2 bridgehead atoms. The summed E-state index contributed by atoms with van der Waals surface area (Å²) in [5.41, 5.74) is 3.90. The zero-order valence-electron chi connectivity index (χ0n) is 13.3. The lowest BCUT2D eigenvalue weighted by atomic mass is 9.93. The van der Waals surface area contributed by atoms with Crippen molar-refractivity contribution in [1.82, 2.24) is 14.5 Å². The van der Waals surface area contributed by atoms with Crippen LogP contribution >= 0.6 is 11.6 Å². The summed E-state index contributed by atoms with van der Waals surface area (Å²) in [5.74, 6) is 0.420. The van der Waals surface area contributed by atoms with E-state index in [-0.39, 0.29) is 12.3 Å². The fraction of sp³-hybridized carbons (Fsp3) is 0.278. The highest BCUT2D eigenvalue weighted by molar-refractivity contribution is 6.29.